The van der Waals surface area contributed by atoms with Gasteiger partial charge in [-0.1, -0.05) is 0 Å². The Balaban J connectivity index is 1.96. The van der Waals surface area contributed by atoms with Crippen molar-refractivity contribution >= 4 is 17.1 Å². The number of hydrogen-bond acceptors (Lipinski definition) is 4. The molecule has 0 aromatic carbocycles. The number of nitrogens with zero attached hydrogens (tertiary/aromatic N) is 2. The molecule has 17 heavy (non-hydrogen) atoms. The molecule has 0 N–H and O–H groups in total. The molecule has 0 amide bonds. The maximum Gasteiger partial charge on any atom is 0.134 e. The molecule has 94 valence electrons. The molecule has 1 atom stereocenters. The maximum absolute atomic E-state index is 11.4. The minimum atomic E-state index is 0.242. The first-order chi connectivity index (χ1) is 8.06. The fourth-order valence-corrected chi connectivity index (χ4v) is 3.31. The van der Waals surface area contributed by atoms with Gasteiger partial charge in [0.15, 0.2) is 0 Å². The molecular weight excluding hydrogens is 232 g/mol. The van der Waals surface area contributed by atoms with E-state index in [0.29, 0.717) is 5.78 Å². The van der Waals surface area contributed by atoms with Crippen molar-refractivity contribution in [3.8, 4) is 0 Å². The van der Waals surface area contributed by atoms with E-state index in [1.807, 2.05) is 0 Å². The Hall–Kier alpha value is -0.740. The van der Waals surface area contributed by atoms with Crippen molar-refractivity contribution in [2.24, 2.45) is 5.92 Å². The number of carbonyl (C=O) groups excluding carboxylic acids is 1. The van der Waals surface area contributed by atoms with Gasteiger partial charge in [-0.15, -0.1) is 11.3 Å². The third-order valence-corrected chi connectivity index (χ3v) is 4.57. The number of thiazole rings is 1. The van der Waals surface area contributed by atoms with Crippen LogP contribution in [0.15, 0.2) is 0 Å². The van der Waals surface area contributed by atoms with Crippen LogP contribution >= 0.6 is 11.3 Å². The van der Waals surface area contributed by atoms with E-state index in [1.54, 1.807) is 18.3 Å². The van der Waals surface area contributed by atoms with Crippen LogP contribution in [0.4, 0.5) is 0 Å². The highest BCUT2D eigenvalue weighted by atomic mass is 32.1. The molecule has 0 bridgehead atoms. The Bertz CT molecular complexity index is 394. The van der Waals surface area contributed by atoms with E-state index < -0.39 is 0 Å². The van der Waals surface area contributed by atoms with Gasteiger partial charge in [0.25, 0.3) is 0 Å². The van der Waals surface area contributed by atoms with Gasteiger partial charge in [-0.3, -0.25) is 9.69 Å². The van der Waals surface area contributed by atoms with Crippen molar-refractivity contribution in [1.82, 2.24) is 9.88 Å². The van der Waals surface area contributed by atoms with Crippen molar-refractivity contribution in [2.45, 2.75) is 40.2 Å². The van der Waals surface area contributed by atoms with Gasteiger partial charge in [-0.25, -0.2) is 4.98 Å². The Labute approximate surface area is 107 Å². The lowest BCUT2D eigenvalue weighted by Gasteiger charge is -2.30. The molecule has 1 aromatic heterocycles. The van der Waals surface area contributed by atoms with Crippen molar-refractivity contribution in [2.75, 3.05) is 13.1 Å². The van der Waals surface area contributed by atoms with Crippen LogP contribution in [0.25, 0.3) is 0 Å². The molecule has 1 unspecified atom stereocenters. The second kappa shape index (κ2) is 5.27. The first-order valence-electron chi connectivity index (χ1n) is 6.22. The lowest BCUT2D eigenvalue weighted by atomic mass is 9.95. The van der Waals surface area contributed by atoms with Crippen LogP contribution in [-0.4, -0.2) is 28.8 Å². The summed E-state index contributed by atoms with van der Waals surface area (Å²) in [6.07, 6.45) is 2.19. The predicted octanol–water partition coefficient (Wildman–Crippen LogP) is 2.56. The largest absolute Gasteiger partial charge is 0.300 e. The number of likely N-dealkylation sites (tertiary alicyclic amines) is 1. The van der Waals surface area contributed by atoms with Crippen molar-refractivity contribution < 1.29 is 4.79 Å². The summed E-state index contributed by atoms with van der Waals surface area (Å²) >= 11 is 1.78. The second-order valence-electron chi connectivity index (χ2n) is 4.93. The van der Waals surface area contributed by atoms with Gasteiger partial charge in [0.1, 0.15) is 10.8 Å². The highest BCUT2D eigenvalue weighted by Gasteiger charge is 2.23. The van der Waals surface area contributed by atoms with Crippen molar-refractivity contribution in [3.05, 3.63) is 15.6 Å². The summed E-state index contributed by atoms with van der Waals surface area (Å²) in [5.41, 5.74) is 1.14. The summed E-state index contributed by atoms with van der Waals surface area (Å²) in [5, 5.41) is 1.18. The molecule has 1 saturated heterocycles. The van der Waals surface area contributed by atoms with Gasteiger partial charge < -0.3 is 0 Å². The predicted molar refractivity (Wildman–Crippen MR) is 70.3 cm³/mol. The van der Waals surface area contributed by atoms with E-state index in [4.69, 9.17) is 0 Å². The average molecular weight is 252 g/mol. The van der Waals surface area contributed by atoms with Crippen molar-refractivity contribution in [1.29, 1.82) is 0 Å². The Morgan fingerprint density at radius 3 is 2.88 bits per heavy atom. The number of hydrogen-bond donors (Lipinski definition) is 0. The molecule has 0 spiro atoms. The van der Waals surface area contributed by atoms with E-state index in [9.17, 15) is 4.79 Å². The van der Waals surface area contributed by atoms with Crippen LogP contribution in [0.2, 0.25) is 0 Å². The number of ketones is 1. The summed E-state index contributed by atoms with van der Waals surface area (Å²) in [7, 11) is 0. The molecule has 1 aliphatic rings. The molecule has 0 saturated carbocycles. The van der Waals surface area contributed by atoms with Crippen LogP contribution in [0.5, 0.6) is 0 Å². The normalized spacial score (nSPS) is 21.7. The smallest absolute Gasteiger partial charge is 0.134 e. The molecule has 1 aromatic rings. The fraction of sp³-hybridized carbons (Fsp3) is 0.692. The zero-order valence-corrected chi connectivity index (χ0v) is 11.6. The molecule has 2 rings (SSSR count). The minimum absolute atomic E-state index is 0.242. The van der Waals surface area contributed by atoms with Gasteiger partial charge in [-0.2, -0.15) is 0 Å². The van der Waals surface area contributed by atoms with E-state index in [1.165, 1.54) is 9.88 Å². The Morgan fingerprint density at radius 1 is 1.53 bits per heavy atom. The number of Topliss-reactive ketones (excluding diaryl/α,β-unsaturated/α-hetero) is 1. The molecule has 1 fully saturated rings. The van der Waals surface area contributed by atoms with Crippen LogP contribution in [0, 0.1) is 19.8 Å². The fourth-order valence-electron chi connectivity index (χ4n) is 2.33. The number of rotatable bonds is 3. The topological polar surface area (TPSA) is 33.2 Å². The molecular formula is C13H20N2OS. The third kappa shape index (κ3) is 3.13. The summed E-state index contributed by atoms with van der Waals surface area (Å²) < 4.78 is 0. The van der Waals surface area contributed by atoms with Crippen LogP contribution < -0.4 is 0 Å². The highest BCUT2D eigenvalue weighted by Crippen LogP contribution is 2.22. The van der Waals surface area contributed by atoms with E-state index in [2.05, 4.69) is 23.7 Å². The lowest BCUT2D eigenvalue weighted by molar-refractivity contribution is -0.122. The quantitative estimate of drug-likeness (QED) is 0.829. The summed E-state index contributed by atoms with van der Waals surface area (Å²) in [5.74, 6) is 0.576. The van der Waals surface area contributed by atoms with E-state index >= 15 is 0 Å². The zero-order chi connectivity index (χ0) is 12.4. The summed E-state index contributed by atoms with van der Waals surface area (Å²) in [4.78, 5) is 19.7. The number of piperidine rings is 1. The maximum atomic E-state index is 11.4. The second-order valence-corrected chi connectivity index (χ2v) is 6.22. The molecule has 2 heterocycles. The number of aryl methyl sites for hydroxylation is 2. The van der Waals surface area contributed by atoms with Gasteiger partial charge in [-0.05, 0) is 40.2 Å². The first kappa shape index (κ1) is 12.7. The minimum Gasteiger partial charge on any atom is -0.300 e. The molecule has 0 aliphatic carbocycles. The molecule has 0 radical (unpaired) electrons. The standard InChI is InChI=1S/C13H20N2OS/c1-9-11(3)17-13(14-9)8-15-6-4-5-12(7-15)10(2)16/h12H,4-8H2,1-3H3. The van der Waals surface area contributed by atoms with Crippen LogP contribution in [0.3, 0.4) is 0 Å². The Kier molecular flexibility index (Phi) is 3.94. The first-order valence-corrected chi connectivity index (χ1v) is 7.03. The third-order valence-electron chi connectivity index (χ3n) is 3.51. The molecule has 1 aliphatic heterocycles. The van der Waals surface area contributed by atoms with E-state index in [-0.39, 0.29) is 5.92 Å². The van der Waals surface area contributed by atoms with Crippen LogP contribution in [-0.2, 0) is 11.3 Å². The monoisotopic (exact) mass is 252 g/mol. The van der Waals surface area contributed by atoms with E-state index in [0.717, 1.165) is 38.2 Å². The summed E-state index contributed by atoms with van der Waals surface area (Å²) in [6.45, 7) is 8.80. The molecule has 4 heteroatoms. The number of aromatic nitrogens is 1. The highest BCUT2D eigenvalue weighted by molar-refractivity contribution is 7.11. The number of carbonyl (C=O) groups is 1. The zero-order valence-electron chi connectivity index (χ0n) is 10.8. The average Bonchev–Trinajstić information content (AvgIpc) is 2.58. The van der Waals surface area contributed by atoms with Gasteiger partial charge in [0.2, 0.25) is 0 Å². The Morgan fingerprint density at radius 2 is 2.29 bits per heavy atom. The van der Waals surface area contributed by atoms with Gasteiger partial charge in [0, 0.05) is 17.3 Å². The lowest BCUT2D eigenvalue weighted by Crippen LogP contribution is -2.37. The SMILES string of the molecule is CC(=O)C1CCCN(Cc2nc(C)c(C)s2)C1. The molecule has 3 nitrogen and oxygen atoms in total. The summed E-state index contributed by atoms with van der Waals surface area (Å²) in [6, 6.07) is 0. The van der Waals surface area contributed by atoms with Gasteiger partial charge in [0.05, 0.1) is 12.2 Å². The van der Waals surface area contributed by atoms with Crippen LogP contribution in [0.1, 0.15) is 35.3 Å². The van der Waals surface area contributed by atoms with Crippen molar-refractivity contribution in [3.63, 3.8) is 0 Å². The van der Waals surface area contributed by atoms with Gasteiger partial charge >= 0.3 is 0 Å².